The first-order valence-corrected chi connectivity index (χ1v) is 5.31. The molecule has 0 unspecified atom stereocenters. The molecule has 1 fully saturated rings. The van der Waals surface area contributed by atoms with E-state index in [0.29, 0.717) is 12.0 Å². The Morgan fingerprint density at radius 1 is 1.15 bits per heavy atom. The third kappa shape index (κ3) is 4.15. The average Bonchev–Trinajstić information content (AvgIpc) is 2.09. The molecule has 0 aromatic rings. The van der Waals surface area contributed by atoms with E-state index in [9.17, 15) is 0 Å². The first-order chi connectivity index (χ1) is 6.33. The smallest absolute Gasteiger partial charge is 0.188 e. The Morgan fingerprint density at radius 2 is 1.69 bits per heavy atom. The fourth-order valence-electron chi connectivity index (χ4n) is 1.87. The van der Waals surface area contributed by atoms with Crippen LogP contribution in [0.5, 0.6) is 0 Å². The van der Waals surface area contributed by atoms with Crippen LogP contribution >= 0.6 is 0 Å². The molecule has 0 radical (unpaired) electrons. The van der Waals surface area contributed by atoms with E-state index in [1.54, 1.807) is 7.05 Å². The number of nitrogens with one attached hydrogen (secondary N) is 1. The lowest BCUT2D eigenvalue weighted by atomic mass is 9.97. The van der Waals surface area contributed by atoms with Crippen LogP contribution in [0.3, 0.4) is 0 Å². The topological polar surface area (TPSA) is 50.4 Å². The van der Waals surface area contributed by atoms with Gasteiger partial charge in [0.15, 0.2) is 5.96 Å². The van der Waals surface area contributed by atoms with Gasteiger partial charge in [-0.25, -0.2) is 0 Å². The van der Waals surface area contributed by atoms with Crippen LogP contribution in [0.1, 0.15) is 44.9 Å². The highest BCUT2D eigenvalue weighted by Crippen LogP contribution is 2.16. The molecule has 1 aliphatic carbocycles. The number of guanidine groups is 1. The molecule has 0 saturated heterocycles. The van der Waals surface area contributed by atoms with Crippen molar-refractivity contribution in [3.63, 3.8) is 0 Å². The molecule has 0 aromatic heterocycles. The molecular weight excluding hydrogens is 162 g/mol. The van der Waals surface area contributed by atoms with Gasteiger partial charge in [0.05, 0.1) is 0 Å². The number of nitrogens with two attached hydrogens (primary N) is 1. The van der Waals surface area contributed by atoms with Gasteiger partial charge in [0.25, 0.3) is 0 Å². The summed E-state index contributed by atoms with van der Waals surface area (Å²) in [5.74, 6) is 0.588. The van der Waals surface area contributed by atoms with E-state index in [0.717, 1.165) is 0 Å². The Labute approximate surface area is 80.8 Å². The van der Waals surface area contributed by atoms with Gasteiger partial charge in [0.2, 0.25) is 0 Å². The lowest BCUT2D eigenvalue weighted by molar-refractivity contribution is 0.427. The molecule has 3 N–H and O–H groups in total. The fourth-order valence-corrected chi connectivity index (χ4v) is 1.87. The zero-order valence-electron chi connectivity index (χ0n) is 8.55. The number of nitrogens with zero attached hydrogens (tertiary/aromatic N) is 1. The van der Waals surface area contributed by atoms with Crippen molar-refractivity contribution < 1.29 is 0 Å². The molecule has 3 nitrogen and oxygen atoms in total. The highest BCUT2D eigenvalue weighted by Gasteiger charge is 2.10. The second-order valence-corrected chi connectivity index (χ2v) is 3.80. The van der Waals surface area contributed by atoms with E-state index in [-0.39, 0.29) is 0 Å². The van der Waals surface area contributed by atoms with Gasteiger partial charge < -0.3 is 11.1 Å². The Bertz CT molecular complexity index is 158. The molecule has 0 aliphatic heterocycles. The third-order valence-corrected chi connectivity index (χ3v) is 2.70. The van der Waals surface area contributed by atoms with Crippen molar-refractivity contribution in [2.75, 3.05) is 7.05 Å². The predicted octanol–water partition coefficient (Wildman–Crippen LogP) is 1.63. The lowest BCUT2D eigenvalue weighted by Crippen LogP contribution is -2.40. The Hall–Kier alpha value is -0.730. The van der Waals surface area contributed by atoms with Crippen LogP contribution in [0.2, 0.25) is 0 Å². The second-order valence-electron chi connectivity index (χ2n) is 3.80. The van der Waals surface area contributed by atoms with E-state index < -0.39 is 0 Å². The monoisotopic (exact) mass is 183 g/mol. The standard InChI is InChI=1S/C10H21N3/c1-12-10(11)13-9-7-5-3-2-4-6-8-9/h9H,2-8H2,1H3,(H3,11,12,13). The SMILES string of the molecule is CN=C(N)NC1CCCCCCC1. The summed E-state index contributed by atoms with van der Waals surface area (Å²) in [5, 5.41) is 3.26. The minimum absolute atomic E-state index is 0.559. The van der Waals surface area contributed by atoms with Crippen LogP contribution in [0.25, 0.3) is 0 Å². The van der Waals surface area contributed by atoms with Crippen LogP contribution < -0.4 is 11.1 Å². The first-order valence-electron chi connectivity index (χ1n) is 5.31. The predicted molar refractivity (Wildman–Crippen MR) is 56.8 cm³/mol. The Morgan fingerprint density at radius 3 is 2.23 bits per heavy atom. The van der Waals surface area contributed by atoms with Crippen molar-refractivity contribution in [1.29, 1.82) is 0 Å². The summed E-state index contributed by atoms with van der Waals surface area (Å²) < 4.78 is 0. The van der Waals surface area contributed by atoms with Gasteiger partial charge in [0.1, 0.15) is 0 Å². The van der Waals surface area contributed by atoms with Crippen LogP contribution in [-0.2, 0) is 0 Å². The molecule has 0 aromatic carbocycles. The summed E-state index contributed by atoms with van der Waals surface area (Å²) in [4.78, 5) is 3.92. The molecule has 0 heterocycles. The number of aliphatic imine (C=N–C) groups is 1. The summed E-state index contributed by atoms with van der Waals surface area (Å²) in [6.07, 6.45) is 9.31. The molecule has 0 spiro atoms. The number of hydrogen-bond donors (Lipinski definition) is 2. The number of hydrogen-bond acceptors (Lipinski definition) is 1. The molecule has 0 atom stereocenters. The zero-order chi connectivity index (χ0) is 9.52. The quantitative estimate of drug-likeness (QED) is 0.479. The first kappa shape index (κ1) is 10.4. The van der Waals surface area contributed by atoms with Gasteiger partial charge in [-0.15, -0.1) is 0 Å². The van der Waals surface area contributed by atoms with Gasteiger partial charge >= 0.3 is 0 Å². The zero-order valence-corrected chi connectivity index (χ0v) is 8.55. The number of rotatable bonds is 1. The van der Waals surface area contributed by atoms with Crippen molar-refractivity contribution in [2.45, 2.75) is 51.0 Å². The van der Waals surface area contributed by atoms with E-state index in [2.05, 4.69) is 10.3 Å². The maximum atomic E-state index is 5.63. The van der Waals surface area contributed by atoms with Crippen molar-refractivity contribution in [2.24, 2.45) is 10.7 Å². The summed E-state index contributed by atoms with van der Waals surface area (Å²) >= 11 is 0. The molecule has 3 heteroatoms. The third-order valence-electron chi connectivity index (χ3n) is 2.70. The van der Waals surface area contributed by atoms with E-state index in [1.807, 2.05) is 0 Å². The maximum Gasteiger partial charge on any atom is 0.188 e. The van der Waals surface area contributed by atoms with Crippen molar-refractivity contribution in [3.05, 3.63) is 0 Å². The van der Waals surface area contributed by atoms with Crippen LogP contribution in [-0.4, -0.2) is 19.0 Å². The summed E-state index contributed by atoms with van der Waals surface area (Å²) in [6, 6.07) is 0.559. The van der Waals surface area contributed by atoms with Crippen LogP contribution in [0.15, 0.2) is 4.99 Å². The normalized spacial score (nSPS) is 22.1. The van der Waals surface area contributed by atoms with Gasteiger partial charge in [-0.2, -0.15) is 0 Å². The average molecular weight is 183 g/mol. The van der Waals surface area contributed by atoms with Gasteiger partial charge in [-0.05, 0) is 12.8 Å². The van der Waals surface area contributed by atoms with Crippen LogP contribution in [0.4, 0.5) is 0 Å². The summed E-state index contributed by atoms with van der Waals surface area (Å²) in [7, 11) is 1.73. The maximum absolute atomic E-state index is 5.63. The Kier molecular flexibility index (Phi) is 4.65. The lowest BCUT2D eigenvalue weighted by Gasteiger charge is -2.21. The summed E-state index contributed by atoms with van der Waals surface area (Å²) in [5.41, 5.74) is 5.63. The summed E-state index contributed by atoms with van der Waals surface area (Å²) in [6.45, 7) is 0. The highest BCUT2D eigenvalue weighted by atomic mass is 15.1. The van der Waals surface area contributed by atoms with Crippen LogP contribution in [0, 0.1) is 0 Å². The van der Waals surface area contributed by atoms with Crippen molar-refractivity contribution in [3.8, 4) is 0 Å². The molecule has 76 valence electrons. The van der Waals surface area contributed by atoms with Gasteiger partial charge in [-0.3, -0.25) is 4.99 Å². The minimum atomic E-state index is 0.559. The minimum Gasteiger partial charge on any atom is -0.370 e. The van der Waals surface area contributed by atoms with Gasteiger partial charge in [0, 0.05) is 13.1 Å². The molecule has 1 aliphatic rings. The van der Waals surface area contributed by atoms with Crippen molar-refractivity contribution in [1.82, 2.24) is 5.32 Å². The fraction of sp³-hybridized carbons (Fsp3) is 0.900. The van der Waals surface area contributed by atoms with Gasteiger partial charge in [-0.1, -0.05) is 32.1 Å². The van der Waals surface area contributed by atoms with Crippen molar-refractivity contribution >= 4 is 5.96 Å². The molecular formula is C10H21N3. The second kappa shape index (κ2) is 5.84. The molecule has 0 amide bonds. The molecule has 1 rings (SSSR count). The molecule has 13 heavy (non-hydrogen) atoms. The Balaban J connectivity index is 2.29. The highest BCUT2D eigenvalue weighted by molar-refractivity contribution is 5.77. The largest absolute Gasteiger partial charge is 0.370 e. The molecule has 1 saturated carbocycles. The van der Waals surface area contributed by atoms with E-state index in [1.165, 1.54) is 44.9 Å². The van der Waals surface area contributed by atoms with E-state index >= 15 is 0 Å². The molecule has 0 bridgehead atoms. The van der Waals surface area contributed by atoms with E-state index in [4.69, 9.17) is 5.73 Å².